The Hall–Kier alpha value is -2.14. The number of carboxylic acid groups (broad SMARTS) is 1. The highest BCUT2D eigenvalue weighted by Crippen LogP contribution is 2.35. The number of carbonyl (C=O) groups is 1. The summed E-state index contributed by atoms with van der Waals surface area (Å²) >= 11 is 0. The second-order valence-corrected chi connectivity index (χ2v) is 6.63. The molecule has 0 fully saturated rings. The Labute approximate surface area is 131 Å². The van der Waals surface area contributed by atoms with Crippen molar-refractivity contribution in [2.24, 2.45) is 0 Å². The van der Waals surface area contributed by atoms with Gasteiger partial charge in [-0.1, -0.05) is 12.1 Å². The molecule has 22 heavy (non-hydrogen) atoms. The molecule has 0 amide bonds. The Morgan fingerprint density at radius 2 is 1.45 bits per heavy atom. The van der Waals surface area contributed by atoms with Crippen LogP contribution in [-0.2, 0) is 10.8 Å². The molecule has 0 heterocycles. The standard InChI is InChI=1S/C17H18O4S/c1-9-11(3)16(12(4)10(2)15(9)18)22(21)14-8-6-5-7-13(14)17(19)20/h5-8,18H,1-4H3,(H,19,20). The molecule has 4 nitrogen and oxygen atoms in total. The summed E-state index contributed by atoms with van der Waals surface area (Å²) in [4.78, 5) is 12.2. The zero-order chi connectivity index (χ0) is 16.6. The van der Waals surface area contributed by atoms with E-state index in [4.69, 9.17) is 0 Å². The normalized spacial score (nSPS) is 12.2. The van der Waals surface area contributed by atoms with Crippen molar-refractivity contribution in [1.82, 2.24) is 0 Å². The van der Waals surface area contributed by atoms with Crippen LogP contribution in [0.25, 0.3) is 0 Å². The Morgan fingerprint density at radius 1 is 0.955 bits per heavy atom. The minimum atomic E-state index is -1.62. The van der Waals surface area contributed by atoms with E-state index >= 15 is 0 Å². The first kappa shape index (κ1) is 16.2. The van der Waals surface area contributed by atoms with Gasteiger partial charge in [0.05, 0.1) is 26.2 Å². The predicted molar refractivity (Wildman–Crippen MR) is 85.1 cm³/mol. The number of hydrogen-bond acceptors (Lipinski definition) is 3. The second kappa shape index (κ2) is 5.93. The van der Waals surface area contributed by atoms with E-state index in [9.17, 15) is 19.2 Å². The highest BCUT2D eigenvalue weighted by atomic mass is 32.2. The van der Waals surface area contributed by atoms with E-state index in [-0.39, 0.29) is 16.2 Å². The van der Waals surface area contributed by atoms with E-state index in [0.29, 0.717) is 16.0 Å². The number of aromatic hydroxyl groups is 1. The molecule has 2 aromatic rings. The molecule has 0 aromatic heterocycles. The molecule has 2 rings (SSSR count). The summed E-state index contributed by atoms with van der Waals surface area (Å²) in [6.07, 6.45) is 0. The fourth-order valence-corrected chi connectivity index (χ4v) is 4.09. The number of aromatic carboxylic acids is 1. The minimum absolute atomic E-state index is 0.0306. The van der Waals surface area contributed by atoms with Gasteiger partial charge in [-0.15, -0.1) is 0 Å². The number of carboxylic acids is 1. The minimum Gasteiger partial charge on any atom is -0.507 e. The lowest BCUT2D eigenvalue weighted by Crippen LogP contribution is -2.08. The van der Waals surface area contributed by atoms with Crippen LogP contribution >= 0.6 is 0 Å². The van der Waals surface area contributed by atoms with Crippen LogP contribution in [-0.4, -0.2) is 20.4 Å². The van der Waals surface area contributed by atoms with E-state index in [2.05, 4.69) is 0 Å². The first-order chi connectivity index (χ1) is 10.3. The molecule has 0 saturated heterocycles. The van der Waals surface area contributed by atoms with Crippen LogP contribution in [0.5, 0.6) is 5.75 Å². The molecular weight excluding hydrogens is 300 g/mol. The van der Waals surface area contributed by atoms with Crippen molar-refractivity contribution in [2.45, 2.75) is 37.5 Å². The zero-order valence-corrected chi connectivity index (χ0v) is 13.7. The molecule has 0 spiro atoms. The quantitative estimate of drug-likeness (QED) is 0.908. The third kappa shape index (κ3) is 2.52. The van der Waals surface area contributed by atoms with Crippen molar-refractivity contribution in [2.75, 3.05) is 0 Å². The monoisotopic (exact) mass is 318 g/mol. The Kier molecular flexibility index (Phi) is 4.37. The number of phenols is 1. The Morgan fingerprint density at radius 3 is 1.95 bits per heavy atom. The van der Waals surface area contributed by atoms with Gasteiger partial charge in [0.1, 0.15) is 5.75 Å². The highest BCUT2D eigenvalue weighted by Gasteiger charge is 2.22. The van der Waals surface area contributed by atoms with Crippen molar-refractivity contribution < 1.29 is 19.2 Å². The molecule has 0 aliphatic rings. The van der Waals surface area contributed by atoms with E-state index in [0.717, 1.165) is 11.1 Å². The van der Waals surface area contributed by atoms with Gasteiger partial charge in [-0.2, -0.15) is 0 Å². The summed E-state index contributed by atoms with van der Waals surface area (Å²) in [7, 11) is -1.62. The summed E-state index contributed by atoms with van der Waals surface area (Å²) < 4.78 is 13.0. The predicted octanol–water partition coefficient (Wildman–Crippen LogP) is 3.49. The van der Waals surface area contributed by atoms with Gasteiger partial charge in [-0.25, -0.2) is 9.00 Å². The summed E-state index contributed by atoms with van der Waals surface area (Å²) in [5, 5.41) is 19.4. The van der Waals surface area contributed by atoms with Gasteiger partial charge in [0.25, 0.3) is 0 Å². The van der Waals surface area contributed by atoms with Crippen LogP contribution in [0.1, 0.15) is 32.6 Å². The van der Waals surface area contributed by atoms with E-state index < -0.39 is 16.8 Å². The maximum absolute atomic E-state index is 13.0. The molecule has 1 unspecified atom stereocenters. The van der Waals surface area contributed by atoms with E-state index in [1.807, 2.05) is 0 Å². The van der Waals surface area contributed by atoms with Crippen molar-refractivity contribution >= 4 is 16.8 Å². The average molecular weight is 318 g/mol. The summed E-state index contributed by atoms with van der Waals surface area (Å²) in [6, 6.07) is 6.29. The van der Waals surface area contributed by atoms with Crippen molar-refractivity contribution in [3.8, 4) is 5.75 Å². The van der Waals surface area contributed by atoms with Gasteiger partial charge in [-0.05, 0) is 62.1 Å². The lowest BCUT2D eigenvalue weighted by atomic mass is 10.00. The van der Waals surface area contributed by atoms with Gasteiger partial charge in [0, 0.05) is 0 Å². The molecule has 0 aliphatic carbocycles. The van der Waals surface area contributed by atoms with E-state index in [1.165, 1.54) is 6.07 Å². The molecule has 2 aromatic carbocycles. The van der Waals surface area contributed by atoms with Gasteiger partial charge in [0.2, 0.25) is 0 Å². The molecule has 0 aliphatic heterocycles. The van der Waals surface area contributed by atoms with Crippen LogP contribution in [0.15, 0.2) is 34.1 Å². The van der Waals surface area contributed by atoms with Crippen LogP contribution in [0.3, 0.4) is 0 Å². The second-order valence-electron chi connectivity index (χ2n) is 5.25. The Bertz CT molecular complexity index is 764. The zero-order valence-electron chi connectivity index (χ0n) is 12.9. The molecular formula is C17H18O4S. The molecule has 2 N–H and O–H groups in total. The highest BCUT2D eigenvalue weighted by molar-refractivity contribution is 7.85. The summed E-state index contributed by atoms with van der Waals surface area (Å²) in [5.41, 5.74) is 2.81. The van der Waals surface area contributed by atoms with Gasteiger partial charge >= 0.3 is 5.97 Å². The summed E-state index contributed by atoms with van der Waals surface area (Å²) in [6.45, 7) is 7.11. The molecule has 0 radical (unpaired) electrons. The molecule has 0 bridgehead atoms. The maximum Gasteiger partial charge on any atom is 0.336 e. The van der Waals surface area contributed by atoms with Crippen molar-refractivity contribution in [1.29, 1.82) is 0 Å². The number of benzene rings is 2. The topological polar surface area (TPSA) is 74.6 Å². The maximum atomic E-state index is 13.0. The van der Waals surface area contributed by atoms with E-state index in [1.54, 1.807) is 45.9 Å². The average Bonchev–Trinajstić information content (AvgIpc) is 2.51. The lowest BCUT2D eigenvalue weighted by Gasteiger charge is -2.17. The fourth-order valence-electron chi connectivity index (χ4n) is 2.45. The van der Waals surface area contributed by atoms with Gasteiger partial charge in [-0.3, -0.25) is 0 Å². The first-order valence-corrected chi connectivity index (χ1v) is 7.95. The van der Waals surface area contributed by atoms with Gasteiger partial charge in [0.15, 0.2) is 0 Å². The number of phenolic OH excluding ortho intramolecular Hbond substituents is 1. The number of hydrogen-bond donors (Lipinski definition) is 2. The summed E-state index contributed by atoms with van der Waals surface area (Å²) in [5.74, 6) is -0.909. The molecule has 0 saturated carbocycles. The Balaban J connectivity index is 2.74. The van der Waals surface area contributed by atoms with Crippen LogP contribution in [0.2, 0.25) is 0 Å². The van der Waals surface area contributed by atoms with Crippen molar-refractivity contribution in [3.63, 3.8) is 0 Å². The molecule has 116 valence electrons. The fraction of sp³-hybridized carbons (Fsp3) is 0.235. The van der Waals surface area contributed by atoms with Crippen molar-refractivity contribution in [3.05, 3.63) is 52.1 Å². The lowest BCUT2D eigenvalue weighted by molar-refractivity contribution is 0.0693. The molecule has 1 atom stereocenters. The third-order valence-electron chi connectivity index (χ3n) is 4.02. The molecule has 5 heteroatoms. The van der Waals surface area contributed by atoms with Crippen LogP contribution < -0.4 is 0 Å². The van der Waals surface area contributed by atoms with Crippen LogP contribution in [0, 0.1) is 27.7 Å². The third-order valence-corrected chi connectivity index (χ3v) is 5.76. The van der Waals surface area contributed by atoms with Gasteiger partial charge < -0.3 is 10.2 Å². The largest absolute Gasteiger partial charge is 0.507 e. The SMILES string of the molecule is Cc1c(C)c(S(=O)c2ccccc2C(=O)O)c(C)c(C)c1O. The number of rotatable bonds is 3. The van der Waals surface area contributed by atoms with Crippen LogP contribution in [0.4, 0.5) is 0 Å². The smallest absolute Gasteiger partial charge is 0.336 e. The first-order valence-electron chi connectivity index (χ1n) is 6.80.